The summed E-state index contributed by atoms with van der Waals surface area (Å²) in [4.78, 5) is 0. The Morgan fingerprint density at radius 2 is 1.45 bits per heavy atom. The Hall–Kier alpha value is -2.28. The van der Waals surface area contributed by atoms with E-state index in [1.165, 1.54) is 21.9 Å². The van der Waals surface area contributed by atoms with Crippen molar-refractivity contribution in [2.45, 2.75) is 25.7 Å². The monoisotopic (exact) mass is 290 g/mol. The molecule has 1 heteroatoms. The molecule has 3 rings (SSSR count). The van der Waals surface area contributed by atoms with Crippen LogP contribution in [0.15, 0.2) is 66.7 Å². The van der Waals surface area contributed by atoms with E-state index in [1.807, 2.05) is 12.1 Å². The molecule has 0 bridgehead atoms. The van der Waals surface area contributed by atoms with Crippen molar-refractivity contribution >= 4 is 10.8 Å². The molecule has 3 aromatic rings. The van der Waals surface area contributed by atoms with Crippen LogP contribution >= 0.6 is 0 Å². The number of rotatable bonds is 4. The third-order valence-electron chi connectivity index (χ3n) is 4.82. The summed E-state index contributed by atoms with van der Waals surface area (Å²) in [5.74, 6) is 0.903. The lowest BCUT2D eigenvalue weighted by Crippen LogP contribution is -2.22. The van der Waals surface area contributed by atoms with Gasteiger partial charge in [0, 0.05) is 5.41 Å². The third-order valence-corrected chi connectivity index (χ3v) is 4.82. The zero-order chi connectivity index (χ0) is 15.6. The third kappa shape index (κ3) is 2.48. The van der Waals surface area contributed by atoms with Crippen LogP contribution in [0.1, 0.15) is 31.4 Å². The smallest absolute Gasteiger partial charge is 0.118 e. The molecule has 0 spiro atoms. The van der Waals surface area contributed by atoms with Gasteiger partial charge in [-0.1, -0.05) is 68.4 Å². The highest BCUT2D eigenvalue weighted by Crippen LogP contribution is 2.37. The fraction of sp³-hybridized carbons (Fsp3) is 0.238. The lowest BCUT2D eigenvalue weighted by molar-refractivity contribution is 0.414. The van der Waals surface area contributed by atoms with E-state index in [1.54, 1.807) is 7.11 Å². The number of methoxy groups -OCH3 is 1. The van der Waals surface area contributed by atoms with Crippen LogP contribution in [-0.2, 0) is 5.41 Å². The first-order chi connectivity index (χ1) is 10.7. The van der Waals surface area contributed by atoms with Gasteiger partial charge in [-0.2, -0.15) is 0 Å². The highest BCUT2D eigenvalue weighted by Gasteiger charge is 2.27. The van der Waals surface area contributed by atoms with E-state index in [9.17, 15) is 0 Å². The van der Waals surface area contributed by atoms with E-state index in [2.05, 4.69) is 68.4 Å². The van der Waals surface area contributed by atoms with Crippen molar-refractivity contribution in [1.29, 1.82) is 0 Å². The van der Waals surface area contributed by atoms with E-state index in [0.29, 0.717) is 0 Å². The molecule has 0 unspecified atom stereocenters. The van der Waals surface area contributed by atoms with Gasteiger partial charge in [0.15, 0.2) is 0 Å². The summed E-state index contributed by atoms with van der Waals surface area (Å²) in [6.45, 7) is 4.57. The first-order valence-corrected chi connectivity index (χ1v) is 7.81. The predicted molar refractivity (Wildman–Crippen MR) is 93.7 cm³/mol. The second-order valence-electron chi connectivity index (χ2n) is 5.98. The average Bonchev–Trinajstić information content (AvgIpc) is 2.60. The Morgan fingerprint density at radius 3 is 2.09 bits per heavy atom. The van der Waals surface area contributed by atoms with Gasteiger partial charge < -0.3 is 4.74 Å². The standard InChI is InChI=1S/C21H22O/c1-4-21(2,18-11-13-20(22-3)14-12-18)19-10-9-16-7-5-6-8-17(16)15-19/h5-15H,4H2,1-3H3/t21-/m1/s1. The summed E-state index contributed by atoms with van der Waals surface area (Å²) >= 11 is 0. The molecular formula is C21H22O. The van der Waals surface area contributed by atoms with E-state index < -0.39 is 0 Å². The zero-order valence-corrected chi connectivity index (χ0v) is 13.5. The summed E-state index contributed by atoms with van der Waals surface area (Å²) in [5, 5.41) is 2.59. The van der Waals surface area contributed by atoms with E-state index >= 15 is 0 Å². The van der Waals surface area contributed by atoms with Gasteiger partial charge in [0.25, 0.3) is 0 Å². The molecule has 1 atom stereocenters. The SMILES string of the molecule is CC[C@](C)(c1ccc(OC)cc1)c1ccc2ccccc2c1. The second kappa shape index (κ2) is 5.84. The first-order valence-electron chi connectivity index (χ1n) is 7.81. The van der Waals surface area contributed by atoms with Crippen molar-refractivity contribution in [2.24, 2.45) is 0 Å². The maximum absolute atomic E-state index is 5.28. The number of hydrogen-bond acceptors (Lipinski definition) is 1. The Bertz CT molecular complexity index is 773. The quantitative estimate of drug-likeness (QED) is 0.611. The van der Waals surface area contributed by atoms with Crippen LogP contribution < -0.4 is 4.74 Å². The minimum atomic E-state index is 0.0102. The van der Waals surface area contributed by atoms with Gasteiger partial charge in [0.2, 0.25) is 0 Å². The zero-order valence-electron chi connectivity index (χ0n) is 13.5. The van der Waals surface area contributed by atoms with Crippen molar-refractivity contribution in [3.05, 3.63) is 77.9 Å². The van der Waals surface area contributed by atoms with Gasteiger partial charge in [0.05, 0.1) is 7.11 Å². The summed E-state index contributed by atoms with van der Waals surface area (Å²) in [6, 6.07) is 23.8. The molecule has 0 fully saturated rings. The van der Waals surface area contributed by atoms with Gasteiger partial charge in [-0.3, -0.25) is 0 Å². The largest absolute Gasteiger partial charge is 0.497 e. The van der Waals surface area contributed by atoms with Gasteiger partial charge in [-0.05, 0) is 40.5 Å². The first kappa shape index (κ1) is 14.6. The maximum atomic E-state index is 5.28. The second-order valence-corrected chi connectivity index (χ2v) is 5.98. The fourth-order valence-corrected chi connectivity index (χ4v) is 3.07. The van der Waals surface area contributed by atoms with Gasteiger partial charge in [-0.25, -0.2) is 0 Å². The van der Waals surface area contributed by atoms with Crippen molar-refractivity contribution in [3.8, 4) is 5.75 Å². The minimum Gasteiger partial charge on any atom is -0.497 e. The Kier molecular flexibility index (Phi) is 3.89. The minimum absolute atomic E-state index is 0.0102. The molecule has 0 aliphatic heterocycles. The van der Waals surface area contributed by atoms with E-state index in [0.717, 1.165) is 12.2 Å². The molecule has 0 amide bonds. The number of ether oxygens (including phenoxy) is 1. The average molecular weight is 290 g/mol. The van der Waals surface area contributed by atoms with Crippen LogP contribution in [-0.4, -0.2) is 7.11 Å². The Morgan fingerprint density at radius 1 is 0.818 bits per heavy atom. The van der Waals surface area contributed by atoms with Gasteiger partial charge in [0.1, 0.15) is 5.75 Å². The number of hydrogen-bond donors (Lipinski definition) is 0. The van der Waals surface area contributed by atoms with Crippen LogP contribution in [0.2, 0.25) is 0 Å². The molecule has 1 nitrogen and oxygen atoms in total. The molecule has 0 radical (unpaired) electrons. The van der Waals surface area contributed by atoms with Gasteiger partial charge >= 0.3 is 0 Å². The number of benzene rings is 3. The number of fused-ring (bicyclic) bond motifs is 1. The van der Waals surface area contributed by atoms with Crippen LogP contribution in [0.5, 0.6) is 5.75 Å². The molecule has 22 heavy (non-hydrogen) atoms. The highest BCUT2D eigenvalue weighted by atomic mass is 16.5. The lowest BCUT2D eigenvalue weighted by Gasteiger charge is -2.30. The normalized spacial score (nSPS) is 13.8. The van der Waals surface area contributed by atoms with Crippen LogP contribution in [0.4, 0.5) is 0 Å². The molecular weight excluding hydrogens is 268 g/mol. The van der Waals surface area contributed by atoms with Crippen molar-refractivity contribution < 1.29 is 4.74 Å². The van der Waals surface area contributed by atoms with Crippen molar-refractivity contribution in [3.63, 3.8) is 0 Å². The van der Waals surface area contributed by atoms with Crippen LogP contribution in [0.25, 0.3) is 10.8 Å². The lowest BCUT2D eigenvalue weighted by atomic mass is 9.74. The molecule has 0 N–H and O–H groups in total. The Balaban J connectivity index is 2.09. The van der Waals surface area contributed by atoms with Crippen LogP contribution in [0.3, 0.4) is 0 Å². The molecule has 0 aliphatic rings. The Labute approximate surface area is 132 Å². The molecule has 0 saturated carbocycles. The summed E-state index contributed by atoms with van der Waals surface area (Å²) < 4.78 is 5.28. The molecule has 0 aliphatic carbocycles. The molecule has 112 valence electrons. The highest BCUT2D eigenvalue weighted by molar-refractivity contribution is 5.83. The molecule has 0 saturated heterocycles. The molecule has 3 aromatic carbocycles. The topological polar surface area (TPSA) is 9.23 Å². The van der Waals surface area contributed by atoms with Gasteiger partial charge in [-0.15, -0.1) is 0 Å². The fourth-order valence-electron chi connectivity index (χ4n) is 3.07. The van der Waals surface area contributed by atoms with Crippen LogP contribution in [0, 0.1) is 0 Å². The molecule has 0 heterocycles. The predicted octanol–water partition coefficient (Wildman–Crippen LogP) is 5.56. The summed E-state index contributed by atoms with van der Waals surface area (Å²) in [5.41, 5.74) is 2.70. The summed E-state index contributed by atoms with van der Waals surface area (Å²) in [6.07, 6.45) is 1.05. The molecule has 0 aromatic heterocycles. The van der Waals surface area contributed by atoms with Crippen molar-refractivity contribution in [2.75, 3.05) is 7.11 Å². The summed E-state index contributed by atoms with van der Waals surface area (Å²) in [7, 11) is 1.71. The maximum Gasteiger partial charge on any atom is 0.118 e. The van der Waals surface area contributed by atoms with E-state index in [-0.39, 0.29) is 5.41 Å². The van der Waals surface area contributed by atoms with E-state index in [4.69, 9.17) is 4.74 Å². The van der Waals surface area contributed by atoms with Crippen molar-refractivity contribution in [1.82, 2.24) is 0 Å².